The molecule has 5 aromatic rings. The van der Waals surface area contributed by atoms with Crippen LogP contribution in [-0.4, -0.2) is 88.0 Å². The first-order chi connectivity index (χ1) is 41.2. The molecule has 0 fully saturated rings. The number of carbonyl (C=O) groups excluding carboxylic acids is 8. The summed E-state index contributed by atoms with van der Waals surface area (Å²) in [5.41, 5.74) is 4.83. The van der Waals surface area contributed by atoms with E-state index in [2.05, 4.69) is 41.7 Å². The van der Waals surface area contributed by atoms with Crippen molar-refractivity contribution in [1.29, 1.82) is 0 Å². The van der Waals surface area contributed by atoms with Crippen molar-refractivity contribution < 1.29 is 57.3 Å². The minimum absolute atomic E-state index is 0.0851. The number of amidine groups is 4. The second-order valence-corrected chi connectivity index (χ2v) is 23.7. The first kappa shape index (κ1) is 61.7. The molecule has 8 amide bonds. The monoisotopic (exact) mass is 1240 g/mol. The predicted octanol–water partition coefficient (Wildman–Crippen LogP) is 8.01. The van der Waals surface area contributed by atoms with Gasteiger partial charge in [0, 0.05) is 77.6 Å². The Labute approximate surface area is 511 Å². The molecule has 4 atom stereocenters. The van der Waals surface area contributed by atoms with Crippen LogP contribution in [0.4, 0.5) is 0 Å². The van der Waals surface area contributed by atoms with Crippen LogP contribution in [0, 0.1) is 0 Å². The average Bonchev–Trinajstić information content (AvgIpc) is 4.49. The van der Waals surface area contributed by atoms with Gasteiger partial charge in [-0.25, -0.2) is 20.0 Å². The zero-order chi connectivity index (χ0) is 61.3. The lowest BCUT2D eigenvalue weighted by atomic mass is 9.99. The van der Waals surface area contributed by atoms with Gasteiger partial charge in [-0.2, -0.15) is 0 Å². The van der Waals surface area contributed by atoms with E-state index in [0.29, 0.717) is 67.5 Å². The number of benzene rings is 5. The van der Waals surface area contributed by atoms with Crippen molar-refractivity contribution in [2.75, 3.05) is 0 Å². The number of para-hydroxylation sites is 4. The Balaban J connectivity index is 1.12. The molecule has 0 spiro atoms. The third-order valence-electron chi connectivity index (χ3n) is 12.8. The van der Waals surface area contributed by atoms with Gasteiger partial charge in [0.15, 0.2) is 20.7 Å². The predicted molar refractivity (Wildman–Crippen MR) is 326 cm³/mol. The van der Waals surface area contributed by atoms with Crippen molar-refractivity contribution in [3.8, 4) is 23.0 Å². The maximum absolute atomic E-state index is 13.0. The van der Waals surface area contributed by atoms with Gasteiger partial charge >= 0.3 is 0 Å². The normalized spacial score (nSPS) is 17.9. The van der Waals surface area contributed by atoms with Crippen molar-refractivity contribution in [3.05, 3.63) is 154 Å². The minimum Gasteiger partial charge on any atom is -0.488 e. The van der Waals surface area contributed by atoms with Crippen molar-refractivity contribution in [2.45, 2.75) is 103 Å². The summed E-state index contributed by atoms with van der Waals surface area (Å²) in [6.45, 7) is 10.6. The smallest absolute Gasteiger partial charge is 0.241 e. The lowest BCUT2D eigenvalue weighted by molar-refractivity contribution is -0.130. The molecule has 0 bridgehead atoms. The van der Waals surface area contributed by atoms with Crippen LogP contribution in [0.25, 0.3) is 0 Å². The summed E-state index contributed by atoms with van der Waals surface area (Å²) in [6.07, 6.45) is 0. The van der Waals surface area contributed by atoms with Gasteiger partial charge in [0.2, 0.25) is 47.3 Å². The van der Waals surface area contributed by atoms with Gasteiger partial charge in [0.05, 0.1) is 0 Å². The molecule has 24 nitrogen and oxygen atoms in total. The maximum Gasteiger partial charge on any atom is 0.241 e. The molecule has 0 aromatic heterocycles. The highest BCUT2D eigenvalue weighted by atomic mass is 32.2. The van der Waals surface area contributed by atoms with E-state index in [9.17, 15) is 38.4 Å². The fourth-order valence-corrected chi connectivity index (χ4v) is 13.7. The Morgan fingerprint density at radius 1 is 0.349 bits per heavy atom. The lowest BCUT2D eigenvalue weighted by Gasteiger charge is -2.24. The highest BCUT2D eigenvalue weighted by Crippen LogP contribution is 2.47. The molecule has 28 heteroatoms. The zero-order valence-corrected chi connectivity index (χ0v) is 50.9. The SMILES string of the molecule is CC(=O)NC1=NN(C(C)=O)C(c2ccccc2OCc2cc(COc3ccccc3C3SC(NC(C)=O)=NN3C(C)=O)c(COc3ccccc3C3SC(NC(C)=O)=NN3C(C)=O)cc2COc2ccccc2C2SC(NC(C)=O)=NN2C(C)=O)S1. The third kappa shape index (κ3) is 14.8. The van der Waals surface area contributed by atoms with Crippen LogP contribution >= 0.6 is 47.0 Å². The molecule has 4 unspecified atom stereocenters. The number of rotatable bonds is 16. The van der Waals surface area contributed by atoms with Crippen LogP contribution < -0.4 is 40.2 Å². The van der Waals surface area contributed by atoms with E-state index in [-0.39, 0.29) is 94.4 Å². The fraction of sp³-hybridized carbons (Fsp3) is 0.276. The molecule has 4 aliphatic rings. The number of nitrogens with one attached hydrogen (secondary N) is 4. The van der Waals surface area contributed by atoms with Crippen molar-refractivity contribution in [3.63, 3.8) is 0 Å². The first-order valence-electron chi connectivity index (χ1n) is 26.5. The number of amides is 8. The van der Waals surface area contributed by atoms with Gasteiger partial charge in [-0.1, -0.05) is 120 Å². The maximum atomic E-state index is 13.0. The summed E-state index contributed by atoms with van der Waals surface area (Å²) < 4.78 is 27.1. The van der Waals surface area contributed by atoms with Crippen molar-refractivity contribution in [2.24, 2.45) is 20.4 Å². The zero-order valence-electron chi connectivity index (χ0n) is 47.6. The standard InChI is InChI=1S/C58H58N12O12S4/c1-31(71)59-55-63-67(35(5)75)51(83-55)43-17-9-13-21-47(43)79-27-39-25-41(29-81-49-23-15-11-19-45(49)53-69(37(7)77)65-57(85-53)61-33(3)73)42(30-82-50-24-16-12-20-46(50)54-70(38(8)78)66-58(86-54)62-34(4)74)26-40(39)28-80-48-22-14-10-18-44(48)52-68(36(6)76)64-56(84-52)60-32(2)72/h9-26,51-54H,27-30H2,1-8H3,(H,59,63,71)(H,60,64,72)(H,61,65,73)(H,62,66,74). The van der Waals surface area contributed by atoms with Gasteiger partial charge in [0.1, 0.15) is 70.9 Å². The number of hydrazone groups is 4. The van der Waals surface area contributed by atoms with E-state index >= 15 is 0 Å². The molecule has 0 aliphatic carbocycles. The fourth-order valence-electron chi connectivity index (χ4n) is 9.08. The number of hydrogen-bond donors (Lipinski definition) is 4. The molecule has 9 rings (SSSR count). The topological polar surface area (TPSA) is 284 Å². The highest BCUT2D eigenvalue weighted by molar-refractivity contribution is 8.15. The summed E-state index contributed by atoms with van der Waals surface area (Å²) in [6, 6.07) is 32.5. The van der Waals surface area contributed by atoms with Gasteiger partial charge in [0.25, 0.3) is 0 Å². The van der Waals surface area contributed by atoms with Crippen LogP contribution in [0.15, 0.2) is 130 Å². The molecule has 4 aliphatic heterocycles. The minimum atomic E-state index is -0.708. The molecule has 0 saturated heterocycles. The molecule has 4 N–H and O–H groups in total. The second kappa shape index (κ2) is 27.5. The van der Waals surface area contributed by atoms with Gasteiger partial charge < -0.3 is 40.2 Å². The quantitative estimate of drug-likeness (QED) is 0.0728. The van der Waals surface area contributed by atoms with E-state index in [1.54, 1.807) is 72.8 Å². The third-order valence-corrected chi connectivity index (χ3v) is 17.1. The van der Waals surface area contributed by atoms with Crippen molar-refractivity contribution >= 4 is 115 Å². The van der Waals surface area contributed by atoms with Crippen LogP contribution in [0.3, 0.4) is 0 Å². The Morgan fingerprint density at radius 3 is 0.733 bits per heavy atom. The number of nitrogens with zero attached hydrogens (tertiary/aromatic N) is 8. The lowest BCUT2D eigenvalue weighted by Crippen LogP contribution is -2.25. The number of thioether (sulfide) groups is 4. The molecule has 0 radical (unpaired) electrons. The summed E-state index contributed by atoms with van der Waals surface area (Å²) >= 11 is 4.70. The summed E-state index contributed by atoms with van der Waals surface area (Å²) in [5.74, 6) is -1.29. The van der Waals surface area contributed by atoms with Crippen LogP contribution in [0.2, 0.25) is 0 Å². The molecular weight excluding hydrogens is 1180 g/mol. The number of hydrogen-bond acceptors (Lipinski definition) is 20. The van der Waals surface area contributed by atoms with Crippen LogP contribution in [-0.2, 0) is 64.8 Å². The van der Waals surface area contributed by atoms with Crippen molar-refractivity contribution in [1.82, 2.24) is 41.3 Å². The number of carbonyl (C=O) groups is 8. The molecule has 5 aromatic carbocycles. The van der Waals surface area contributed by atoms with Gasteiger partial charge in [-0.3, -0.25) is 38.4 Å². The van der Waals surface area contributed by atoms with Crippen LogP contribution in [0.1, 0.15) is 121 Å². The molecule has 446 valence electrons. The largest absolute Gasteiger partial charge is 0.488 e. The Bertz CT molecular complexity index is 3210. The van der Waals surface area contributed by atoms with Gasteiger partial charge in [-0.15, -0.1) is 20.4 Å². The summed E-state index contributed by atoms with van der Waals surface area (Å²) in [4.78, 5) is 101. The summed E-state index contributed by atoms with van der Waals surface area (Å²) in [5, 5.41) is 31.6. The summed E-state index contributed by atoms with van der Waals surface area (Å²) in [7, 11) is 0. The van der Waals surface area contributed by atoms with E-state index < -0.39 is 21.5 Å². The van der Waals surface area contributed by atoms with E-state index in [1.807, 2.05) is 36.4 Å². The first-order valence-corrected chi connectivity index (χ1v) is 30.0. The Morgan fingerprint density at radius 2 is 0.547 bits per heavy atom. The average molecular weight is 1240 g/mol. The second-order valence-electron chi connectivity index (χ2n) is 19.4. The number of ether oxygens (including phenoxy) is 4. The van der Waals surface area contributed by atoms with Gasteiger partial charge in [-0.05, 0) is 58.7 Å². The molecule has 0 saturated carbocycles. The Kier molecular flexibility index (Phi) is 19.7. The van der Waals surface area contributed by atoms with Crippen LogP contribution in [0.5, 0.6) is 23.0 Å². The molecule has 4 heterocycles. The molecular formula is C58H58N12O12S4. The Hall–Kier alpha value is -8.86. The van der Waals surface area contributed by atoms with E-state index in [0.717, 1.165) is 0 Å². The van der Waals surface area contributed by atoms with E-state index in [1.165, 1.54) is 122 Å². The highest BCUT2D eigenvalue weighted by Gasteiger charge is 2.38. The van der Waals surface area contributed by atoms with E-state index in [4.69, 9.17) is 18.9 Å². The molecule has 86 heavy (non-hydrogen) atoms.